The highest BCUT2D eigenvalue weighted by atomic mass is 16.4. The van der Waals surface area contributed by atoms with E-state index in [9.17, 15) is 4.79 Å². The molecule has 1 aliphatic heterocycles. The lowest BCUT2D eigenvalue weighted by molar-refractivity contribution is 0.0697. The Balaban J connectivity index is 1.91. The number of rotatable bonds is 5. The summed E-state index contributed by atoms with van der Waals surface area (Å²) in [5.41, 5.74) is 3.76. The van der Waals surface area contributed by atoms with Gasteiger partial charge >= 0.3 is 5.97 Å². The lowest BCUT2D eigenvalue weighted by Gasteiger charge is -2.25. The molecular formula is C21H21N3O2. The van der Waals surface area contributed by atoms with Crippen molar-refractivity contribution in [2.24, 2.45) is 11.0 Å². The largest absolute Gasteiger partial charge is 0.478 e. The predicted molar refractivity (Wildman–Crippen MR) is 101 cm³/mol. The lowest BCUT2D eigenvalue weighted by atomic mass is 9.96. The number of hydrogen-bond acceptors (Lipinski definition) is 4. The first-order chi connectivity index (χ1) is 12.5. The third-order valence-electron chi connectivity index (χ3n) is 4.47. The standard InChI is InChI=1S/C21H21N3O2/c1-14(2)11-19-12-20(16-5-7-17(8-6-16)21(25)26)23-24(19)18-9-3-15(13-22)4-10-18/h3-10,14,19H,11-12H2,1-2H3,(H,25,26). The van der Waals surface area contributed by atoms with E-state index in [1.54, 1.807) is 24.3 Å². The molecule has 1 unspecified atom stereocenters. The van der Waals surface area contributed by atoms with Gasteiger partial charge in [0.15, 0.2) is 0 Å². The van der Waals surface area contributed by atoms with Gasteiger partial charge in [-0.3, -0.25) is 5.01 Å². The average molecular weight is 347 g/mol. The van der Waals surface area contributed by atoms with E-state index in [2.05, 4.69) is 19.9 Å². The highest BCUT2D eigenvalue weighted by molar-refractivity contribution is 6.03. The monoisotopic (exact) mass is 347 g/mol. The Bertz CT molecular complexity index is 862. The third-order valence-corrected chi connectivity index (χ3v) is 4.47. The topological polar surface area (TPSA) is 76.7 Å². The summed E-state index contributed by atoms with van der Waals surface area (Å²) in [6.45, 7) is 4.38. The number of carboxylic acid groups (broad SMARTS) is 1. The second-order valence-corrected chi connectivity index (χ2v) is 6.92. The van der Waals surface area contributed by atoms with Crippen molar-refractivity contribution in [3.8, 4) is 6.07 Å². The molecule has 132 valence electrons. The summed E-state index contributed by atoms with van der Waals surface area (Å²) in [5.74, 6) is -0.397. The van der Waals surface area contributed by atoms with Crippen molar-refractivity contribution in [2.75, 3.05) is 5.01 Å². The first-order valence-corrected chi connectivity index (χ1v) is 8.68. The third kappa shape index (κ3) is 3.75. The van der Waals surface area contributed by atoms with Crippen molar-refractivity contribution < 1.29 is 9.90 Å². The van der Waals surface area contributed by atoms with Crippen LogP contribution in [-0.2, 0) is 0 Å². The van der Waals surface area contributed by atoms with Gasteiger partial charge in [0.1, 0.15) is 0 Å². The van der Waals surface area contributed by atoms with Crippen LogP contribution in [0.5, 0.6) is 0 Å². The van der Waals surface area contributed by atoms with Crippen LogP contribution in [0.25, 0.3) is 0 Å². The summed E-state index contributed by atoms with van der Waals surface area (Å²) >= 11 is 0. The van der Waals surface area contributed by atoms with E-state index < -0.39 is 5.97 Å². The van der Waals surface area contributed by atoms with Crippen LogP contribution in [0, 0.1) is 17.2 Å². The number of benzene rings is 2. The van der Waals surface area contributed by atoms with Crippen LogP contribution < -0.4 is 5.01 Å². The van der Waals surface area contributed by atoms with E-state index in [1.807, 2.05) is 29.3 Å². The molecule has 1 atom stereocenters. The van der Waals surface area contributed by atoms with Gasteiger partial charge in [-0.05, 0) is 54.3 Å². The number of nitriles is 1. The predicted octanol–water partition coefficient (Wildman–Crippen LogP) is 4.29. The molecular weight excluding hydrogens is 326 g/mol. The van der Waals surface area contributed by atoms with Crippen LogP contribution in [0.4, 0.5) is 5.69 Å². The maximum absolute atomic E-state index is 11.0. The van der Waals surface area contributed by atoms with E-state index in [1.165, 1.54) is 0 Å². The van der Waals surface area contributed by atoms with Crippen LogP contribution in [0.1, 0.15) is 48.2 Å². The minimum atomic E-state index is -0.929. The Labute approximate surface area is 153 Å². The zero-order chi connectivity index (χ0) is 18.7. The Morgan fingerprint density at radius 3 is 2.42 bits per heavy atom. The normalized spacial score (nSPS) is 16.5. The van der Waals surface area contributed by atoms with Crippen LogP contribution in [-0.4, -0.2) is 22.8 Å². The summed E-state index contributed by atoms with van der Waals surface area (Å²) in [4.78, 5) is 11.0. The van der Waals surface area contributed by atoms with Crippen molar-refractivity contribution in [2.45, 2.75) is 32.7 Å². The molecule has 0 amide bonds. The van der Waals surface area contributed by atoms with Crippen LogP contribution >= 0.6 is 0 Å². The molecule has 1 aliphatic rings. The maximum atomic E-state index is 11.0. The van der Waals surface area contributed by atoms with E-state index in [0.29, 0.717) is 11.5 Å². The van der Waals surface area contributed by atoms with Gasteiger partial charge in [0, 0.05) is 6.42 Å². The molecule has 1 heterocycles. The molecule has 0 aromatic heterocycles. The Kier molecular flexibility index (Phi) is 5.04. The smallest absolute Gasteiger partial charge is 0.335 e. The summed E-state index contributed by atoms with van der Waals surface area (Å²) in [5, 5.41) is 24.9. The van der Waals surface area contributed by atoms with Crippen molar-refractivity contribution in [3.05, 3.63) is 65.2 Å². The molecule has 0 aliphatic carbocycles. The summed E-state index contributed by atoms with van der Waals surface area (Å²) < 4.78 is 0. The summed E-state index contributed by atoms with van der Waals surface area (Å²) in [6.07, 6.45) is 1.81. The Morgan fingerprint density at radius 2 is 1.88 bits per heavy atom. The second kappa shape index (κ2) is 7.40. The molecule has 0 fully saturated rings. The highest BCUT2D eigenvalue weighted by Crippen LogP contribution is 2.30. The fourth-order valence-electron chi connectivity index (χ4n) is 3.23. The highest BCUT2D eigenvalue weighted by Gasteiger charge is 2.29. The minimum Gasteiger partial charge on any atom is -0.478 e. The quantitative estimate of drug-likeness (QED) is 0.875. The van der Waals surface area contributed by atoms with Gasteiger partial charge in [-0.15, -0.1) is 0 Å². The van der Waals surface area contributed by atoms with E-state index in [-0.39, 0.29) is 11.6 Å². The zero-order valence-corrected chi connectivity index (χ0v) is 14.9. The fraction of sp³-hybridized carbons (Fsp3) is 0.286. The maximum Gasteiger partial charge on any atom is 0.335 e. The van der Waals surface area contributed by atoms with E-state index >= 15 is 0 Å². The molecule has 2 aromatic rings. The first-order valence-electron chi connectivity index (χ1n) is 8.68. The van der Waals surface area contributed by atoms with Crippen molar-refractivity contribution >= 4 is 17.4 Å². The van der Waals surface area contributed by atoms with Gasteiger partial charge in [0.05, 0.1) is 34.6 Å². The van der Waals surface area contributed by atoms with Crippen LogP contribution in [0.15, 0.2) is 53.6 Å². The minimum absolute atomic E-state index is 0.247. The van der Waals surface area contributed by atoms with Crippen molar-refractivity contribution in [3.63, 3.8) is 0 Å². The summed E-state index contributed by atoms with van der Waals surface area (Å²) in [6, 6.07) is 16.7. The number of nitrogens with zero attached hydrogens (tertiary/aromatic N) is 3. The van der Waals surface area contributed by atoms with Gasteiger partial charge in [0.25, 0.3) is 0 Å². The zero-order valence-electron chi connectivity index (χ0n) is 14.9. The molecule has 0 radical (unpaired) electrons. The van der Waals surface area contributed by atoms with Crippen LogP contribution in [0.3, 0.4) is 0 Å². The molecule has 0 saturated carbocycles. The molecule has 1 N–H and O–H groups in total. The Morgan fingerprint density at radius 1 is 1.23 bits per heavy atom. The van der Waals surface area contributed by atoms with Gasteiger partial charge in [-0.2, -0.15) is 10.4 Å². The number of aromatic carboxylic acids is 1. The lowest BCUT2D eigenvalue weighted by Crippen LogP contribution is -2.27. The second-order valence-electron chi connectivity index (χ2n) is 6.92. The Hall–Kier alpha value is -3.13. The molecule has 0 spiro atoms. The number of hydrazone groups is 1. The SMILES string of the molecule is CC(C)CC1CC(c2ccc(C(=O)O)cc2)=NN1c1ccc(C#N)cc1. The molecule has 0 saturated heterocycles. The van der Waals surface area contributed by atoms with Gasteiger partial charge in [-0.1, -0.05) is 26.0 Å². The van der Waals surface area contributed by atoms with Crippen molar-refractivity contribution in [1.82, 2.24) is 0 Å². The number of hydrogen-bond donors (Lipinski definition) is 1. The van der Waals surface area contributed by atoms with E-state index in [4.69, 9.17) is 15.5 Å². The number of carbonyl (C=O) groups is 1. The first kappa shape index (κ1) is 17.7. The number of anilines is 1. The molecule has 5 nitrogen and oxygen atoms in total. The fourth-order valence-corrected chi connectivity index (χ4v) is 3.23. The molecule has 3 rings (SSSR count). The summed E-state index contributed by atoms with van der Waals surface area (Å²) in [7, 11) is 0. The molecule has 5 heteroatoms. The van der Waals surface area contributed by atoms with E-state index in [0.717, 1.165) is 29.8 Å². The van der Waals surface area contributed by atoms with Crippen molar-refractivity contribution in [1.29, 1.82) is 5.26 Å². The van der Waals surface area contributed by atoms with Gasteiger partial charge < -0.3 is 5.11 Å². The molecule has 0 bridgehead atoms. The average Bonchev–Trinajstić information content (AvgIpc) is 3.05. The molecule has 26 heavy (non-hydrogen) atoms. The molecule has 2 aromatic carbocycles. The van der Waals surface area contributed by atoms with Crippen LogP contribution in [0.2, 0.25) is 0 Å². The van der Waals surface area contributed by atoms with Gasteiger partial charge in [-0.25, -0.2) is 4.79 Å². The van der Waals surface area contributed by atoms with Gasteiger partial charge in [0.2, 0.25) is 0 Å². The number of carboxylic acids is 1.